The molecular formula is C28H58N2O6. The summed E-state index contributed by atoms with van der Waals surface area (Å²) in [5.41, 5.74) is 0. The van der Waals surface area contributed by atoms with Crippen molar-refractivity contribution in [3.8, 4) is 0 Å². The van der Waals surface area contributed by atoms with Gasteiger partial charge in [-0.3, -0.25) is 4.79 Å². The molecule has 0 saturated heterocycles. The minimum atomic E-state index is -0.122. The maximum atomic E-state index is 14.0. The van der Waals surface area contributed by atoms with Crippen LogP contribution in [0.4, 0.5) is 0 Å². The zero-order chi connectivity index (χ0) is 27.7. The van der Waals surface area contributed by atoms with E-state index in [1.165, 1.54) is 0 Å². The predicted molar refractivity (Wildman–Crippen MR) is 146 cm³/mol. The minimum Gasteiger partial charge on any atom is -0.394 e. The predicted octanol–water partition coefficient (Wildman–Crippen LogP) is 3.56. The topological polar surface area (TPSA) is 80.7 Å². The van der Waals surface area contributed by atoms with E-state index >= 15 is 0 Å². The molecule has 0 aliphatic heterocycles. The molecule has 0 fully saturated rings. The van der Waals surface area contributed by atoms with E-state index in [-0.39, 0.29) is 42.5 Å². The quantitative estimate of drug-likeness (QED) is 0.220. The second kappa shape index (κ2) is 20.2. The summed E-state index contributed by atoms with van der Waals surface area (Å²) in [4.78, 5) is 18.3. The van der Waals surface area contributed by atoms with Gasteiger partial charge in [-0.05, 0) is 31.2 Å². The van der Waals surface area contributed by atoms with E-state index in [1.807, 2.05) is 11.9 Å². The Morgan fingerprint density at radius 1 is 0.778 bits per heavy atom. The number of nitrogens with zero attached hydrogens (tertiary/aromatic N) is 2. The van der Waals surface area contributed by atoms with Gasteiger partial charge in [-0.25, -0.2) is 0 Å². The number of methoxy groups -OCH3 is 1. The summed E-state index contributed by atoms with van der Waals surface area (Å²) in [6, 6.07) is 0.151. The smallest absolute Gasteiger partial charge is 0.227 e. The summed E-state index contributed by atoms with van der Waals surface area (Å²) >= 11 is 0. The van der Waals surface area contributed by atoms with Crippen LogP contribution >= 0.6 is 0 Å². The Bertz CT molecular complexity index is 544. The van der Waals surface area contributed by atoms with Gasteiger partial charge in [0.25, 0.3) is 0 Å². The van der Waals surface area contributed by atoms with Crippen LogP contribution in [0.15, 0.2) is 0 Å². The number of carbonyl (C=O) groups is 1. The van der Waals surface area contributed by atoms with Crippen molar-refractivity contribution in [2.75, 3.05) is 74.0 Å². The highest BCUT2D eigenvalue weighted by atomic mass is 16.5. The van der Waals surface area contributed by atoms with Crippen LogP contribution in [0.3, 0.4) is 0 Å². The monoisotopic (exact) mass is 518 g/mol. The molecular weight excluding hydrogens is 460 g/mol. The highest BCUT2D eigenvalue weighted by molar-refractivity contribution is 5.80. The zero-order valence-corrected chi connectivity index (χ0v) is 25.0. The molecule has 5 atom stereocenters. The Hall–Kier alpha value is -0.770. The molecule has 0 radical (unpaired) electrons. The number of likely N-dealkylation sites (N-methyl/N-ethyl adjacent to an activating group) is 2. The van der Waals surface area contributed by atoms with Gasteiger partial charge in [0.1, 0.15) is 0 Å². The Labute approximate surface area is 222 Å². The van der Waals surface area contributed by atoms with Crippen molar-refractivity contribution in [3.05, 3.63) is 0 Å². The lowest BCUT2D eigenvalue weighted by Crippen LogP contribution is -2.56. The number of ether oxygens (including phenoxy) is 4. The fourth-order valence-corrected chi connectivity index (χ4v) is 5.16. The normalized spacial score (nSPS) is 16.4. The second-order valence-electron chi connectivity index (χ2n) is 10.6. The van der Waals surface area contributed by atoms with E-state index in [4.69, 9.17) is 24.1 Å². The van der Waals surface area contributed by atoms with Crippen LogP contribution in [-0.4, -0.2) is 113 Å². The van der Waals surface area contributed by atoms with Crippen molar-refractivity contribution >= 4 is 5.91 Å². The molecule has 8 nitrogen and oxygen atoms in total. The number of hydrogen-bond acceptors (Lipinski definition) is 7. The van der Waals surface area contributed by atoms with Crippen molar-refractivity contribution in [2.24, 2.45) is 23.7 Å². The van der Waals surface area contributed by atoms with Gasteiger partial charge < -0.3 is 33.9 Å². The van der Waals surface area contributed by atoms with Crippen molar-refractivity contribution in [2.45, 2.75) is 79.5 Å². The van der Waals surface area contributed by atoms with Gasteiger partial charge in [0.15, 0.2) is 0 Å². The third kappa shape index (κ3) is 12.2. The largest absolute Gasteiger partial charge is 0.394 e. The summed E-state index contributed by atoms with van der Waals surface area (Å²) in [6.07, 6.45) is 1.90. The molecule has 1 amide bonds. The van der Waals surface area contributed by atoms with Crippen LogP contribution in [0.25, 0.3) is 0 Å². The van der Waals surface area contributed by atoms with Gasteiger partial charge in [0.05, 0.1) is 64.3 Å². The Morgan fingerprint density at radius 3 is 1.72 bits per heavy atom. The van der Waals surface area contributed by atoms with Crippen LogP contribution < -0.4 is 0 Å². The Kier molecular flexibility index (Phi) is 19.8. The molecule has 0 rings (SSSR count). The van der Waals surface area contributed by atoms with Crippen LogP contribution in [0.2, 0.25) is 0 Å². The van der Waals surface area contributed by atoms with E-state index in [9.17, 15) is 4.79 Å². The third-order valence-corrected chi connectivity index (χ3v) is 7.24. The first-order valence-electron chi connectivity index (χ1n) is 13.9. The molecule has 0 bridgehead atoms. The third-order valence-electron chi connectivity index (χ3n) is 7.24. The molecule has 0 aromatic heterocycles. The van der Waals surface area contributed by atoms with E-state index < -0.39 is 0 Å². The molecule has 0 aliphatic rings. The molecule has 0 heterocycles. The van der Waals surface area contributed by atoms with E-state index in [0.717, 1.165) is 19.4 Å². The summed E-state index contributed by atoms with van der Waals surface area (Å²) in [7, 11) is 5.82. The standard InChI is InChI=1S/C28H58N2O6/c1-11-23(7)27(24(12-2)33-10)30(9)28(32)25(21(3)4)26(22(5)6)29(8)13-15-34-17-19-36-20-18-35-16-14-31/h21-27,31H,11-20H2,1-10H3/t23?,24?,25-,26?,27+/m1/s1. The SMILES string of the molecule is CCC(C)[C@@H](C(CC)OC)N(C)C(=O)[C@H](C(C)C)C(C(C)C)N(C)CCOCCOCCOCCO. The van der Waals surface area contributed by atoms with Crippen LogP contribution in [0.5, 0.6) is 0 Å². The van der Waals surface area contributed by atoms with Crippen molar-refractivity contribution in [3.63, 3.8) is 0 Å². The molecule has 0 aromatic carbocycles. The first-order chi connectivity index (χ1) is 17.1. The molecule has 0 spiro atoms. The zero-order valence-electron chi connectivity index (χ0n) is 25.0. The summed E-state index contributed by atoms with van der Waals surface area (Å²) in [5.74, 6) is 0.951. The molecule has 8 heteroatoms. The number of carbonyl (C=O) groups excluding carboxylic acids is 1. The summed E-state index contributed by atoms with van der Waals surface area (Å²) in [6.45, 7) is 18.9. The molecule has 0 saturated carbocycles. The highest BCUT2D eigenvalue weighted by Crippen LogP contribution is 2.30. The lowest BCUT2D eigenvalue weighted by molar-refractivity contribution is -0.146. The summed E-state index contributed by atoms with van der Waals surface area (Å²) < 4.78 is 22.3. The van der Waals surface area contributed by atoms with Crippen LogP contribution in [0, 0.1) is 23.7 Å². The summed E-state index contributed by atoms with van der Waals surface area (Å²) in [5, 5.41) is 8.69. The highest BCUT2D eigenvalue weighted by Gasteiger charge is 2.40. The van der Waals surface area contributed by atoms with Gasteiger partial charge in [-0.1, -0.05) is 54.9 Å². The van der Waals surface area contributed by atoms with Gasteiger partial charge in [0, 0.05) is 26.7 Å². The lowest BCUT2D eigenvalue weighted by Gasteiger charge is -2.44. The molecule has 36 heavy (non-hydrogen) atoms. The number of aliphatic hydroxyl groups is 1. The maximum Gasteiger partial charge on any atom is 0.227 e. The van der Waals surface area contributed by atoms with Crippen molar-refractivity contribution in [1.82, 2.24) is 9.80 Å². The van der Waals surface area contributed by atoms with Gasteiger partial charge in [-0.2, -0.15) is 0 Å². The fraction of sp³-hybridized carbons (Fsp3) is 0.964. The fourth-order valence-electron chi connectivity index (χ4n) is 5.16. The molecule has 0 aromatic rings. The second-order valence-corrected chi connectivity index (χ2v) is 10.6. The molecule has 0 aliphatic carbocycles. The van der Waals surface area contributed by atoms with Gasteiger partial charge in [0.2, 0.25) is 5.91 Å². The maximum absolute atomic E-state index is 14.0. The van der Waals surface area contributed by atoms with Gasteiger partial charge >= 0.3 is 0 Å². The first kappa shape index (κ1) is 35.2. The number of hydrogen-bond donors (Lipinski definition) is 1. The molecule has 3 unspecified atom stereocenters. The van der Waals surface area contributed by atoms with Crippen LogP contribution in [0.1, 0.15) is 61.3 Å². The molecule has 216 valence electrons. The van der Waals surface area contributed by atoms with Gasteiger partial charge in [-0.15, -0.1) is 0 Å². The average Bonchev–Trinajstić information content (AvgIpc) is 2.84. The minimum absolute atomic E-state index is 0.0220. The van der Waals surface area contributed by atoms with E-state index in [0.29, 0.717) is 51.5 Å². The van der Waals surface area contributed by atoms with E-state index in [2.05, 4.69) is 60.4 Å². The lowest BCUT2D eigenvalue weighted by atomic mass is 9.79. The number of rotatable bonds is 22. The average molecular weight is 519 g/mol. The van der Waals surface area contributed by atoms with Crippen molar-refractivity contribution < 1.29 is 28.8 Å². The Morgan fingerprint density at radius 2 is 1.31 bits per heavy atom. The molecule has 1 N–H and O–H groups in total. The van der Waals surface area contributed by atoms with Crippen molar-refractivity contribution in [1.29, 1.82) is 0 Å². The number of aliphatic hydroxyl groups excluding tert-OH is 1. The van der Waals surface area contributed by atoms with Crippen LogP contribution in [-0.2, 0) is 23.7 Å². The Balaban J connectivity index is 5.17. The first-order valence-corrected chi connectivity index (χ1v) is 13.9. The number of amides is 1. The van der Waals surface area contributed by atoms with E-state index in [1.54, 1.807) is 7.11 Å².